The molecular weight excluding hydrogens is 188 g/mol. The molecule has 2 atom stereocenters. The Hall–Kier alpha value is -0.230. The summed E-state index contributed by atoms with van der Waals surface area (Å²) in [6.07, 6.45) is -0.691. The summed E-state index contributed by atoms with van der Waals surface area (Å²) in [5.41, 5.74) is 5.44. The average Bonchev–Trinajstić information content (AvgIpc) is 2.03. The Morgan fingerprint density at radius 1 is 1.54 bits per heavy atom. The third-order valence-electron chi connectivity index (χ3n) is 1.80. The fourth-order valence-corrected chi connectivity index (χ4v) is 1.12. The van der Waals surface area contributed by atoms with Crippen molar-refractivity contribution in [2.24, 2.45) is 11.7 Å². The van der Waals surface area contributed by atoms with Crippen LogP contribution in [0, 0.1) is 5.92 Å². The van der Waals surface area contributed by atoms with Gasteiger partial charge in [-0.1, -0.05) is 19.1 Å². The van der Waals surface area contributed by atoms with Crippen LogP contribution in [-0.4, -0.2) is 52.9 Å². The summed E-state index contributed by atoms with van der Waals surface area (Å²) in [5.74, 6) is 0.130. The first-order valence-electron chi connectivity index (χ1n) is 4.24. The third-order valence-corrected chi connectivity index (χ3v) is 2.21. The lowest BCUT2D eigenvalue weighted by Crippen LogP contribution is -2.37. The van der Waals surface area contributed by atoms with Crippen molar-refractivity contribution < 1.29 is 10.2 Å². The predicted molar refractivity (Wildman–Crippen MR) is 56.5 cm³/mol. The highest BCUT2D eigenvalue weighted by Gasteiger charge is 2.11. The molecule has 0 aromatic rings. The van der Waals surface area contributed by atoms with Gasteiger partial charge in [0.15, 0.2) is 0 Å². The molecule has 78 valence electrons. The van der Waals surface area contributed by atoms with Crippen LogP contribution in [-0.2, 0) is 0 Å². The molecule has 0 aromatic carbocycles. The van der Waals surface area contributed by atoms with Crippen molar-refractivity contribution in [2.75, 3.05) is 26.7 Å². The Morgan fingerprint density at radius 3 is 2.46 bits per heavy atom. The van der Waals surface area contributed by atoms with Crippen molar-refractivity contribution in [1.29, 1.82) is 0 Å². The van der Waals surface area contributed by atoms with E-state index in [0.717, 1.165) is 0 Å². The SMILES string of the molecule is CC(CN(C)CC(O)CO)C(N)=S. The summed E-state index contributed by atoms with van der Waals surface area (Å²) < 4.78 is 0. The van der Waals surface area contributed by atoms with Crippen molar-refractivity contribution in [1.82, 2.24) is 4.90 Å². The maximum absolute atomic E-state index is 9.12. The van der Waals surface area contributed by atoms with E-state index in [0.29, 0.717) is 18.1 Å². The minimum atomic E-state index is -0.691. The lowest BCUT2D eigenvalue weighted by atomic mass is 10.1. The van der Waals surface area contributed by atoms with E-state index in [1.807, 2.05) is 18.9 Å². The molecule has 0 saturated heterocycles. The second kappa shape index (κ2) is 6.26. The lowest BCUT2D eigenvalue weighted by molar-refractivity contribution is 0.0652. The molecule has 0 spiro atoms. The van der Waals surface area contributed by atoms with E-state index in [9.17, 15) is 0 Å². The monoisotopic (exact) mass is 206 g/mol. The van der Waals surface area contributed by atoms with Crippen LogP contribution >= 0.6 is 12.2 Å². The number of nitrogens with two attached hydrogens (primary N) is 1. The molecule has 4 nitrogen and oxygen atoms in total. The van der Waals surface area contributed by atoms with Gasteiger partial charge in [-0.25, -0.2) is 0 Å². The van der Waals surface area contributed by atoms with Gasteiger partial charge >= 0.3 is 0 Å². The average molecular weight is 206 g/mol. The summed E-state index contributed by atoms with van der Waals surface area (Å²) >= 11 is 4.82. The molecule has 0 aromatic heterocycles. The largest absolute Gasteiger partial charge is 0.394 e. The minimum Gasteiger partial charge on any atom is -0.394 e. The van der Waals surface area contributed by atoms with Crippen LogP contribution in [0.2, 0.25) is 0 Å². The van der Waals surface area contributed by atoms with E-state index in [1.54, 1.807) is 0 Å². The molecule has 0 bridgehead atoms. The first-order chi connectivity index (χ1) is 5.97. The van der Waals surface area contributed by atoms with E-state index < -0.39 is 6.10 Å². The Kier molecular flexibility index (Phi) is 6.15. The van der Waals surface area contributed by atoms with Crippen LogP contribution in [0.15, 0.2) is 0 Å². The Labute approximate surface area is 84.3 Å². The highest BCUT2D eigenvalue weighted by atomic mass is 32.1. The maximum Gasteiger partial charge on any atom is 0.0897 e. The molecule has 5 heteroatoms. The summed E-state index contributed by atoms with van der Waals surface area (Å²) in [4.78, 5) is 2.37. The number of hydrogen-bond donors (Lipinski definition) is 3. The molecule has 0 aliphatic carbocycles. The molecule has 0 aliphatic rings. The second-order valence-corrected chi connectivity index (χ2v) is 3.83. The number of nitrogens with zero attached hydrogens (tertiary/aromatic N) is 1. The fraction of sp³-hybridized carbons (Fsp3) is 0.875. The summed E-state index contributed by atoms with van der Waals surface area (Å²) in [5, 5.41) is 17.7. The van der Waals surface area contributed by atoms with Crippen molar-refractivity contribution in [2.45, 2.75) is 13.0 Å². The molecular formula is C8H18N2O2S. The van der Waals surface area contributed by atoms with Crippen LogP contribution in [0.3, 0.4) is 0 Å². The van der Waals surface area contributed by atoms with E-state index in [-0.39, 0.29) is 12.5 Å². The van der Waals surface area contributed by atoms with Crippen LogP contribution in [0.5, 0.6) is 0 Å². The van der Waals surface area contributed by atoms with Crippen molar-refractivity contribution in [3.63, 3.8) is 0 Å². The van der Waals surface area contributed by atoms with E-state index in [2.05, 4.69) is 0 Å². The zero-order chi connectivity index (χ0) is 10.4. The summed E-state index contributed by atoms with van der Waals surface area (Å²) in [7, 11) is 1.85. The molecule has 0 radical (unpaired) electrons. The second-order valence-electron chi connectivity index (χ2n) is 3.36. The molecule has 13 heavy (non-hydrogen) atoms. The minimum absolute atomic E-state index is 0.130. The number of rotatable bonds is 6. The Bertz CT molecular complexity index is 166. The number of likely N-dealkylation sites (N-methyl/N-ethyl adjacent to an activating group) is 1. The fourth-order valence-electron chi connectivity index (χ4n) is 1.05. The van der Waals surface area contributed by atoms with Crippen LogP contribution in [0.25, 0.3) is 0 Å². The predicted octanol–water partition coefficient (Wildman–Crippen LogP) is -0.806. The number of hydrogen-bond acceptors (Lipinski definition) is 4. The van der Waals surface area contributed by atoms with E-state index >= 15 is 0 Å². The zero-order valence-corrected chi connectivity index (χ0v) is 8.92. The van der Waals surface area contributed by atoms with Gasteiger partial charge in [0, 0.05) is 19.0 Å². The third kappa shape index (κ3) is 5.93. The lowest BCUT2D eigenvalue weighted by Gasteiger charge is -2.22. The van der Waals surface area contributed by atoms with Gasteiger partial charge < -0.3 is 20.8 Å². The van der Waals surface area contributed by atoms with Gasteiger partial charge in [0.05, 0.1) is 17.7 Å². The Morgan fingerprint density at radius 2 is 2.08 bits per heavy atom. The molecule has 0 fully saturated rings. The molecule has 0 saturated carbocycles. The maximum atomic E-state index is 9.12. The zero-order valence-electron chi connectivity index (χ0n) is 8.10. The smallest absolute Gasteiger partial charge is 0.0897 e. The van der Waals surface area contributed by atoms with Crippen LogP contribution in [0.1, 0.15) is 6.92 Å². The van der Waals surface area contributed by atoms with Gasteiger partial charge in [0.25, 0.3) is 0 Å². The standard InChI is InChI=1S/C8H18N2O2S/c1-6(8(9)13)3-10(2)4-7(12)5-11/h6-7,11-12H,3-5H2,1-2H3,(H2,9,13). The van der Waals surface area contributed by atoms with Crippen molar-refractivity contribution in [3.05, 3.63) is 0 Å². The van der Waals surface area contributed by atoms with Gasteiger partial charge in [-0.2, -0.15) is 0 Å². The van der Waals surface area contributed by atoms with Crippen LogP contribution < -0.4 is 5.73 Å². The number of aliphatic hydroxyl groups excluding tert-OH is 2. The summed E-state index contributed by atoms with van der Waals surface area (Å²) in [6, 6.07) is 0. The van der Waals surface area contributed by atoms with Crippen LogP contribution in [0.4, 0.5) is 0 Å². The van der Waals surface area contributed by atoms with Gasteiger partial charge in [0.2, 0.25) is 0 Å². The highest BCUT2D eigenvalue weighted by Crippen LogP contribution is 1.99. The summed E-state index contributed by atoms with van der Waals surface area (Å²) in [6.45, 7) is 2.85. The van der Waals surface area contributed by atoms with E-state index in [1.165, 1.54) is 0 Å². The quantitative estimate of drug-likeness (QED) is 0.496. The molecule has 0 heterocycles. The van der Waals surface area contributed by atoms with Gasteiger partial charge in [-0.05, 0) is 7.05 Å². The molecule has 0 amide bonds. The Balaban J connectivity index is 3.73. The molecule has 0 rings (SSSR count). The topological polar surface area (TPSA) is 69.7 Å². The van der Waals surface area contributed by atoms with Gasteiger partial charge in [0.1, 0.15) is 0 Å². The first-order valence-corrected chi connectivity index (χ1v) is 4.65. The van der Waals surface area contributed by atoms with Crippen molar-refractivity contribution in [3.8, 4) is 0 Å². The molecule has 0 aliphatic heterocycles. The van der Waals surface area contributed by atoms with Gasteiger partial charge in [-0.3, -0.25) is 0 Å². The molecule has 4 N–H and O–H groups in total. The highest BCUT2D eigenvalue weighted by molar-refractivity contribution is 7.80. The van der Waals surface area contributed by atoms with Crippen molar-refractivity contribution >= 4 is 17.2 Å². The van der Waals surface area contributed by atoms with Gasteiger partial charge in [-0.15, -0.1) is 0 Å². The molecule has 2 unspecified atom stereocenters. The number of thiocarbonyl (C=S) groups is 1. The normalized spacial score (nSPS) is 15.8. The number of aliphatic hydroxyl groups is 2. The first kappa shape index (κ1) is 12.8. The van der Waals surface area contributed by atoms with E-state index in [4.69, 9.17) is 28.2 Å².